The van der Waals surface area contributed by atoms with Crippen molar-refractivity contribution in [1.29, 1.82) is 0 Å². The average Bonchev–Trinajstić information content (AvgIpc) is 2.68. The van der Waals surface area contributed by atoms with E-state index in [1.807, 2.05) is 0 Å². The van der Waals surface area contributed by atoms with Gasteiger partial charge in [-0.05, 0) is 56.6 Å². The van der Waals surface area contributed by atoms with Crippen LogP contribution in [0.25, 0.3) is 0 Å². The predicted molar refractivity (Wildman–Crippen MR) is 111 cm³/mol. The Morgan fingerprint density at radius 1 is 1.24 bits per heavy atom. The summed E-state index contributed by atoms with van der Waals surface area (Å²) >= 11 is 0. The summed E-state index contributed by atoms with van der Waals surface area (Å²) in [5.74, 6) is -1.44. The van der Waals surface area contributed by atoms with Gasteiger partial charge >= 0.3 is 7.12 Å². The molecule has 1 aromatic rings. The van der Waals surface area contributed by atoms with E-state index in [1.165, 1.54) is 13.0 Å². The number of amides is 1. The van der Waals surface area contributed by atoms with Crippen LogP contribution < -0.4 is 16.4 Å². The number of phenols is 1. The Bertz CT molecular complexity index is 693. The number of nitrogens with one attached hydrogen (secondary N) is 2. The SMILES string of the molecule is CC(=O)c1cccc(C[C@H](NC(=O)CC2CCC(NCCN)CC2)B(O)O)c1O. The van der Waals surface area contributed by atoms with Crippen LogP contribution in [0.3, 0.4) is 0 Å². The van der Waals surface area contributed by atoms with Crippen molar-refractivity contribution < 1.29 is 24.7 Å². The molecule has 0 radical (unpaired) electrons. The number of Topliss-reactive ketones (excluding diaryl/α,β-unsaturated/α-hetero) is 1. The average molecular weight is 405 g/mol. The van der Waals surface area contributed by atoms with Crippen molar-refractivity contribution in [2.24, 2.45) is 11.7 Å². The van der Waals surface area contributed by atoms with Gasteiger partial charge in [0.2, 0.25) is 5.91 Å². The van der Waals surface area contributed by atoms with Gasteiger partial charge < -0.3 is 31.5 Å². The first-order valence-corrected chi connectivity index (χ1v) is 10.2. The summed E-state index contributed by atoms with van der Waals surface area (Å²) in [6.07, 6.45) is 4.19. The van der Waals surface area contributed by atoms with Crippen molar-refractivity contribution in [3.63, 3.8) is 0 Å². The monoisotopic (exact) mass is 405 g/mol. The van der Waals surface area contributed by atoms with Crippen LogP contribution in [0.4, 0.5) is 0 Å². The molecular formula is C20H32BN3O5. The third kappa shape index (κ3) is 7.11. The van der Waals surface area contributed by atoms with Gasteiger partial charge in [0.05, 0.1) is 11.5 Å². The van der Waals surface area contributed by atoms with Crippen LogP contribution in [0.15, 0.2) is 18.2 Å². The van der Waals surface area contributed by atoms with Crippen molar-refractivity contribution in [3.8, 4) is 5.75 Å². The molecule has 0 aliphatic heterocycles. The van der Waals surface area contributed by atoms with E-state index in [9.17, 15) is 24.7 Å². The zero-order valence-electron chi connectivity index (χ0n) is 16.9. The Kier molecular flexibility index (Phi) is 9.10. The van der Waals surface area contributed by atoms with Gasteiger partial charge in [-0.1, -0.05) is 12.1 Å². The Morgan fingerprint density at radius 3 is 2.52 bits per heavy atom. The molecule has 1 amide bonds. The molecule has 1 saturated carbocycles. The molecule has 9 heteroatoms. The normalized spacial score (nSPS) is 20.1. The molecule has 8 nitrogen and oxygen atoms in total. The quantitative estimate of drug-likeness (QED) is 0.240. The van der Waals surface area contributed by atoms with E-state index >= 15 is 0 Å². The highest BCUT2D eigenvalue weighted by Gasteiger charge is 2.29. The molecular weight excluding hydrogens is 373 g/mol. The molecule has 0 unspecified atom stereocenters. The minimum atomic E-state index is -1.78. The number of carbonyl (C=O) groups excluding carboxylic acids is 2. The summed E-state index contributed by atoms with van der Waals surface area (Å²) in [7, 11) is -1.78. The fourth-order valence-corrected chi connectivity index (χ4v) is 3.89. The molecule has 1 aromatic carbocycles. The van der Waals surface area contributed by atoms with Crippen molar-refractivity contribution in [3.05, 3.63) is 29.3 Å². The fourth-order valence-electron chi connectivity index (χ4n) is 3.89. The zero-order chi connectivity index (χ0) is 21.4. The van der Waals surface area contributed by atoms with Crippen LogP contribution >= 0.6 is 0 Å². The van der Waals surface area contributed by atoms with Crippen LogP contribution in [0.1, 0.15) is 54.9 Å². The van der Waals surface area contributed by atoms with Crippen molar-refractivity contribution >= 4 is 18.8 Å². The fraction of sp³-hybridized carbons (Fsp3) is 0.600. The maximum atomic E-state index is 12.4. The lowest BCUT2D eigenvalue weighted by Gasteiger charge is -2.29. The van der Waals surface area contributed by atoms with Gasteiger partial charge in [-0.3, -0.25) is 9.59 Å². The largest absolute Gasteiger partial charge is 0.507 e. The third-order valence-corrected chi connectivity index (χ3v) is 5.54. The van der Waals surface area contributed by atoms with Gasteiger partial charge in [0.15, 0.2) is 5.78 Å². The van der Waals surface area contributed by atoms with E-state index in [1.54, 1.807) is 12.1 Å². The molecule has 1 aliphatic carbocycles. The minimum Gasteiger partial charge on any atom is -0.507 e. The highest BCUT2D eigenvalue weighted by atomic mass is 16.4. The smallest absolute Gasteiger partial charge is 0.475 e. The van der Waals surface area contributed by atoms with Crippen LogP contribution in [0.5, 0.6) is 5.75 Å². The van der Waals surface area contributed by atoms with Gasteiger partial charge in [-0.25, -0.2) is 0 Å². The Hall–Kier alpha value is -1.94. The number of hydrogen-bond donors (Lipinski definition) is 6. The van der Waals surface area contributed by atoms with Gasteiger partial charge in [0, 0.05) is 25.6 Å². The Labute approximate surface area is 172 Å². The number of rotatable bonds is 10. The molecule has 0 aromatic heterocycles. The Morgan fingerprint density at radius 2 is 1.93 bits per heavy atom. The van der Waals surface area contributed by atoms with Gasteiger partial charge in [0.25, 0.3) is 0 Å². The zero-order valence-corrected chi connectivity index (χ0v) is 16.9. The van der Waals surface area contributed by atoms with Crippen LogP contribution in [-0.2, 0) is 11.2 Å². The Balaban J connectivity index is 1.90. The van der Waals surface area contributed by atoms with E-state index in [0.29, 0.717) is 24.6 Å². The van der Waals surface area contributed by atoms with Crippen LogP contribution in [-0.4, -0.2) is 59.0 Å². The molecule has 160 valence electrons. The van der Waals surface area contributed by atoms with E-state index in [0.717, 1.165) is 32.2 Å². The van der Waals surface area contributed by atoms with E-state index in [4.69, 9.17) is 5.73 Å². The number of ketones is 1. The summed E-state index contributed by atoms with van der Waals surface area (Å²) in [4.78, 5) is 24.0. The summed E-state index contributed by atoms with van der Waals surface area (Å²) < 4.78 is 0. The number of para-hydroxylation sites is 1. The molecule has 2 rings (SSSR count). The van der Waals surface area contributed by atoms with E-state index < -0.39 is 13.1 Å². The lowest BCUT2D eigenvalue weighted by molar-refractivity contribution is -0.122. The molecule has 0 bridgehead atoms. The number of aromatic hydroxyl groups is 1. The van der Waals surface area contributed by atoms with Crippen molar-refractivity contribution in [2.75, 3.05) is 13.1 Å². The molecule has 0 saturated heterocycles. The lowest BCUT2D eigenvalue weighted by atomic mass is 9.75. The molecule has 1 atom stereocenters. The van der Waals surface area contributed by atoms with Gasteiger partial charge in [-0.15, -0.1) is 0 Å². The topological polar surface area (TPSA) is 145 Å². The maximum Gasteiger partial charge on any atom is 0.475 e. The molecule has 29 heavy (non-hydrogen) atoms. The molecule has 1 fully saturated rings. The van der Waals surface area contributed by atoms with Gasteiger partial charge in [0.1, 0.15) is 5.75 Å². The number of benzene rings is 1. The number of phenolic OH excluding ortho intramolecular Hbond substituents is 1. The van der Waals surface area contributed by atoms with E-state index in [2.05, 4.69) is 10.6 Å². The predicted octanol–water partition coefficient (Wildman–Crippen LogP) is 0.131. The van der Waals surface area contributed by atoms with Crippen LogP contribution in [0, 0.1) is 5.92 Å². The van der Waals surface area contributed by atoms with E-state index in [-0.39, 0.29) is 35.3 Å². The van der Waals surface area contributed by atoms with Gasteiger partial charge in [-0.2, -0.15) is 0 Å². The molecule has 7 N–H and O–H groups in total. The molecule has 1 aliphatic rings. The third-order valence-electron chi connectivity index (χ3n) is 5.54. The molecule has 0 heterocycles. The number of hydrogen-bond acceptors (Lipinski definition) is 7. The minimum absolute atomic E-state index is 0.00606. The van der Waals surface area contributed by atoms with Crippen molar-refractivity contribution in [2.45, 2.75) is 57.4 Å². The second kappa shape index (κ2) is 11.3. The summed E-state index contributed by atoms with van der Waals surface area (Å²) in [6, 6.07) is 5.16. The second-order valence-electron chi connectivity index (χ2n) is 7.83. The summed E-state index contributed by atoms with van der Waals surface area (Å²) in [5.41, 5.74) is 6.05. The van der Waals surface area contributed by atoms with Crippen LogP contribution in [0.2, 0.25) is 0 Å². The first kappa shape index (κ1) is 23.3. The highest BCUT2D eigenvalue weighted by molar-refractivity contribution is 6.43. The van der Waals surface area contributed by atoms with Crippen molar-refractivity contribution in [1.82, 2.24) is 10.6 Å². The molecule has 0 spiro atoms. The maximum absolute atomic E-state index is 12.4. The number of nitrogens with two attached hydrogens (primary N) is 1. The second-order valence-corrected chi connectivity index (χ2v) is 7.83. The first-order valence-electron chi connectivity index (χ1n) is 10.2. The number of carbonyl (C=O) groups is 2. The highest BCUT2D eigenvalue weighted by Crippen LogP contribution is 2.27. The standard InChI is InChI=1S/C20H32BN3O5/c1-13(25)17-4-2-3-15(20(17)27)12-18(21(28)29)24-19(26)11-14-5-7-16(8-6-14)23-10-9-22/h2-4,14,16,18,23,27-29H,5-12,22H2,1H3,(H,24,26)/t14?,16?,18-/m0/s1. The lowest BCUT2D eigenvalue weighted by Crippen LogP contribution is -2.48. The summed E-state index contributed by atoms with van der Waals surface area (Å²) in [6.45, 7) is 2.75. The summed E-state index contributed by atoms with van der Waals surface area (Å²) in [5, 5.41) is 35.7. The first-order chi connectivity index (χ1) is 13.8.